The van der Waals surface area contributed by atoms with Crippen LogP contribution in [-0.4, -0.2) is 32.1 Å². The maximum atomic E-state index is 15.1. The Balaban J connectivity index is 1.86. The first kappa shape index (κ1) is 23.4. The highest BCUT2D eigenvalue weighted by molar-refractivity contribution is 6.08. The monoisotopic (exact) mass is 466 g/mol. The largest absolute Gasteiger partial charge is 0.493 e. The first-order valence-electron chi connectivity index (χ1n) is 11.2. The molecule has 0 bridgehead atoms. The highest BCUT2D eigenvalue weighted by Gasteiger charge is 2.37. The van der Waals surface area contributed by atoms with E-state index in [1.165, 1.54) is 43.6 Å². The van der Waals surface area contributed by atoms with Crippen molar-refractivity contribution in [1.82, 2.24) is 5.32 Å². The van der Waals surface area contributed by atoms with Gasteiger partial charge in [-0.15, -0.1) is 0 Å². The molecule has 2 aromatic carbocycles. The number of ether oxygens (including phenoxy) is 2. The molecule has 1 aliphatic rings. The van der Waals surface area contributed by atoms with Crippen LogP contribution >= 0.6 is 0 Å². The van der Waals surface area contributed by atoms with Crippen molar-refractivity contribution in [3.05, 3.63) is 78.0 Å². The van der Waals surface area contributed by atoms with Gasteiger partial charge in [0.2, 0.25) is 5.91 Å². The van der Waals surface area contributed by atoms with Crippen LogP contribution in [0.1, 0.15) is 47.8 Å². The second kappa shape index (κ2) is 10.4. The normalized spacial score (nSPS) is 14.4. The average Bonchev–Trinajstić information content (AvgIpc) is 3.57. The van der Waals surface area contributed by atoms with Crippen molar-refractivity contribution in [2.75, 3.05) is 19.1 Å². The van der Waals surface area contributed by atoms with Crippen molar-refractivity contribution >= 4 is 17.5 Å². The molecular formula is C26H27FN2O5. The van der Waals surface area contributed by atoms with Gasteiger partial charge in [0, 0.05) is 23.4 Å². The zero-order chi connectivity index (χ0) is 24.1. The molecule has 0 spiro atoms. The lowest BCUT2D eigenvalue weighted by Crippen LogP contribution is -2.46. The molecule has 8 heteroatoms. The second-order valence-corrected chi connectivity index (χ2v) is 8.11. The number of rotatable bonds is 8. The summed E-state index contributed by atoms with van der Waals surface area (Å²) >= 11 is 0. The maximum absolute atomic E-state index is 15.1. The predicted molar refractivity (Wildman–Crippen MR) is 125 cm³/mol. The molecule has 0 aliphatic heterocycles. The molecule has 0 radical (unpaired) electrons. The molecule has 1 aliphatic carbocycles. The van der Waals surface area contributed by atoms with Crippen molar-refractivity contribution in [3.63, 3.8) is 0 Å². The number of amides is 2. The molecule has 1 aromatic heterocycles. The van der Waals surface area contributed by atoms with Gasteiger partial charge in [-0.3, -0.25) is 14.5 Å². The van der Waals surface area contributed by atoms with E-state index in [-0.39, 0.29) is 17.4 Å². The fourth-order valence-electron chi connectivity index (χ4n) is 4.32. The van der Waals surface area contributed by atoms with Gasteiger partial charge in [-0.1, -0.05) is 31.0 Å². The zero-order valence-electron chi connectivity index (χ0n) is 19.1. The van der Waals surface area contributed by atoms with E-state index in [0.29, 0.717) is 17.2 Å². The van der Waals surface area contributed by atoms with E-state index < -0.39 is 23.7 Å². The smallest absolute Gasteiger partial charge is 0.294 e. The summed E-state index contributed by atoms with van der Waals surface area (Å²) in [6.07, 6.45) is 5.09. The van der Waals surface area contributed by atoms with Gasteiger partial charge < -0.3 is 19.2 Å². The molecule has 1 N–H and O–H groups in total. The Labute approximate surface area is 197 Å². The third kappa shape index (κ3) is 4.76. The Morgan fingerprint density at radius 1 is 1.03 bits per heavy atom. The van der Waals surface area contributed by atoms with E-state index in [0.717, 1.165) is 25.7 Å². The quantitative estimate of drug-likeness (QED) is 0.512. The molecule has 178 valence electrons. The third-order valence-corrected chi connectivity index (χ3v) is 6.00. The average molecular weight is 467 g/mol. The number of carbonyl (C=O) groups is 2. The van der Waals surface area contributed by atoms with Gasteiger partial charge >= 0.3 is 0 Å². The third-order valence-electron chi connectivity index (χ3n) is 6.00. The lowest BCUT2D eigenvalue weighted by molar-refractivity contribution is -0.123. The number of benzene rings is 2. The van der Waals surface area contributed by atoms with Gasteiger partial charge in [0.05, 0.1) is 20.5 Å². The number of halogens is 1. The molecule has 7 nitrogen and oxygen atoms in total. The molecule has 1 fully saturated rings. The summed E-state index contributed by atoms with van der Waals surface area (Å²) in [4.78, 5) is 28.6. The lowest BCUT2D eigenvalue weighted by atomic mass is 10.0. The Morgan fingerprint density at radius 3 is 2.41 bits per heavy atom. The molecule has 3 aromatic rings. The molecule has 34 heavy (non-hydrogen) atoms. The molecular weight excluding hydrogens is 439 g/mol. The van der Waals surface area contributed by atoms with Gasteiger partial charge in [-0.05, 0) is 43.2 Å². The van der Waals surface area contributed by atoms with Crippen LogP contribution in [0.4, 0.5) is 10.1 Å². The number of anilines is 1. The minimum Gasteiger partial charge on any atom is -0.493 e. The Morgan fingerprint density at radius 2 is 1.76 bits per heavy atom. The van der Waals surface area contributed by atoms with Crippen molar-refractivity contribution in [2.45, 2.75) is 37.8 Å². The van der Waals surface area contributed by atoms with Gasteiger partial charge in [0.25, 0.3) is 5.91 Å². The van der Waals surface area contributed by atoms with E-state index in [2.05, 4.69) is 5.32 Å². The zero-order valence-corrected chi connectivity index (χ0v) is 19.1. The molecule has 0 saturated heterocycles. The predicted octanol–water partition coefficient (Wildman–Crippen LogP) is 4.88. The summed E-state index contributed by atoms with van der Waals surface area (Å²) < 4.78 is 31.2. The fraction of sp³-hybridized carbons (Fsp3) is 0.308. The summed E-state index contributed by atoms with van der Waals surface area (Å²) in [5.41, 5.74) is 0.404. The number of carbonyl (C=O) groups excluding carboxylic acids is 2. The van der Waals surface area contributed by atoms with E-state index in [1.54, 1.807) is 36.4 Å². The first-order valence-corrected chi connectivity index (χ1v) is 11.2. The SMILES string of the molecule is COc1ccc(N(C(=O)c2ccco2)C(C(=O)NC2CCCC2)c2ccccc2F)cc1OC. The molecule has 2 amide bonds. The van der Waals surface area contributed by atoms with E-state index in [1.807, 2.05) is 0 Å². The van der Waals surface area contributed by atoms with Crippen LogP contribution in [-0.2, 0) is 4.79 Å². The molecule has 1 atom stereocenters. The van der Waals surface area contributed by atoms with Gasteiger partial charge in [-0.2, -0.15) is 0 Å². The van der Waals surface area contributed by atoms with Gasteiger partial charge in [-0.25, -0.2) is 4.39 Å². The summed E-state index contributed by atoms with van der Waals surface area (Å²) in [5.74, 6) is -0.814. The Hall–Kier alpha value is -3.81. The summed E-state index contributed by atoms with van der Waals surface area (Å²) in [7, 11) is 2.97. The Bertz CT molecular complexity index is 1140. The second-order valence-electron chi connectivity index (χ2n) is 8.11. The maximum Gasteiger partial charge on any atom is 0.294 e. The number of methoxy groups -OCH3 is 2. The van der Waals surface area contributed by atoms with Crippen molar-refractivity contribution in [2.24, 2.45) is 0 Å². The molecule has 1 heterocycles. The van der Waals surface area contributed by atoms with Crippen LogP contribution in [0.5, 0.6) is 11.5 Å². The molecule has 4 rings (SSSR count). The standard InChI is InChI=1S/C26H27FN2O5/c1-32-21-14-13-18(16-23(21)33-2)29(26(31)22-12-7-15-34-22)24(19-10-5-6-11-20(19)27)25(30)28-17-8-3-4-9-17/h5-7,10-17,24H,3-4,8-9H2,1-2H3,(H,28,30). The minimum absolute atomic E-state index is 0.0183. The van der Waals surface area contributed by atoms with Crippen molar-refractivity contribution in [1.29, 1.82) is 0 Å². The van der Waals surface area contributed by atoms with Crippen LogP contribution < -0.4 is 19.7 Å². The fourth-order valence-corrected chi connectivity index (χ4v) is 4.32. The van der Waals surface area contributed by atoms with Crippen LogP contribution in [0.2, 0.25) is 0 Å². The van der Waals surface area contributed by atoms with Crippen LogP contribution in [0.15, 0.2) is 65.3 Å². The van der Waals surface area contributed by atoms with E-state index >= 15 is 4.39 Å². The number of furan rings is 1. The topological polar surface area (TPSA) is 81.0 Å². The number of hydrogen-bond acceptors (Lipinski definition) is 5. The highest BCUT2D eigenvalue weighted by atomic mass is 19.1. The van der Waals surface area contributed by atoms with Gasteiger partial charge in [0.1, 0.15) is 11.9 Å². The highest BCUT2D eigenvalue weighted by Crippen LogP contribution is 2.37. The van der Waals surface area contributed by atoms with Gasteiger partial charge in [0.15, 0.2) is 17.3 Å². The van der Waals surface area contributed by atoms with Crippen molar-refractivity contribution in [3.8, 4) is 11.5 Å². The number of nitrogens with one attached hydrogen (secondary N) is 1. The van der Waals surface area contributed by atoms with Crippen LogP contribution in [0.3, 0.4) is 0 Å². The molecule has 1 saturated carbocycles. The minimum atomic E-state index is -1.28. The Kier molecular flexibility index (Phi) is 7.15. The van der Waals surface area contributed by atoms with E-state index in [4.69, 9.17) is 13.9 Å². The summed E-state index contributed by atoms with van der Waals surface area (Å²) in [6.45, 7) is 0. The van der Waals surface area contributed by atoms with Crippen molar-refractivity contribution < 1.29 is 27.9 Å². The number of nitrogens with zero attached hydrogens (tertiary/aromatic N) is 1. The lowest BCUT2D eigenvalue weighted by Gasteiger charge is -2.32. The van der Waals surface area contributed by atoms with Crippen LogP contribution in [0.25, 0.3) is 0 Å². The summed E-state index contributed by atoms with van der Waals surface area (Å²) in [5, 5.41) is 3.02. The number of hydrogen-bond donors (Lipinski definition) is 1. The van der Waals surface area contributed by atoms with Crippen LogP contribution in [0, 0.1) is 5.82 Å². The van der Waals surface area contributed by atoms with E-state index in [9.17, 15) is 9.59 Å². The first-order chi connectivity index (χ1) is 16.5. The molecule has 1 unspecified atom stereocenters. The summed E-state index contributed by atoms with van der Waals surface area (Å²) in [6, 6.07) is 12.6.